The van der Waals surface area contributed by atoms with E-state index in [1.54, 1.807) is 36.4 Å². The number of hydrogen-bond acceptors (Lipinski definition) is 5. The molecule has 29 heavy (non-hydrogen) atoms. The molecule has 0 aliphatic carbocycles. The first-order valence-electron chi connectivity index (χ1n) is 9.73. The van der Waals surface area contributed by atoms with Gasteiger partial charge in [-0.15, -0.1) is 0 Å². The minimum atomic E-state index is -1.91. The third kappa shape index (κ3) is 4.45. The molecule has 3 N–H and O–H groups in total. The highest BCUT2D eigenvalue weighted by Crippen LogP contribution is 2.35. The topological polar surface area (TPSA) is 91.0 Å². The van der Waals surface area contributed by atoms with Crippen LogP contribution in [0.3, 0.4) is 0 Å². The molecule has 156 valence electrons. The van der Waals surface area contributed by atoms with Crippen LogP contribution >= 0.6 is 0 Å². The second-order valence-electron chi connectivity index (χ2n) is 8.08. The highest BCUT2D eigenvalue weighted by atomic mass is 16.7. The van der Waals surface area contributed by atoms with Crippen molar-refractivity contribution in [1.29, 1.82) is 0 Å². The van der Waals surface area contributed by atoms with Crippen molar-refractivity contribution in [1.82, 2.24) is 0 Å². The highest BCUT2D eigenvalue weighted by Gasteiger charge is 2.39. The minimum Gasteiger partial charge on any atom is -0.493 e. The van der Waals surface area contributed by atoms with Gasteiger partial charge < -0.3 is 25.1 Å². The number of aliphatic hydroxyl groups is 1. The molecular weight excluding hydrogens is 370 g/mol. The average molecular weight is 399 g/mol. The van der Waals surface area contributed by atoms with Crippen LogP contribution in [0.15, 0.2) is 42.5 Å². The third-order valence-electron chi connectivity index (χ3n) is 5.22. The molecular formula is C23H29NO5. The summed E-state index contributed by atoms with van der Waals surface area (Å²) in [6.07, 6.45) is 0. The Labute approximate surface area is 171 Å². The van der Waals surface area contributed by atoms with E-state index < -0.39 is 17.3 Å². The lowest BCUT2D eigenvalue weighted by molar-refractivity contribution is -0.264. The van der Waals surface area contributed by atoms with Crippen LogP contribution in [0.5, 0.6) is 5.75 Å². The Bertz CT molecular complexity index is 847. The Balaban J connectivity index is 1.82. The summed E-state index contributed by atoms with van der Waals surface area (Å²) in [4.78, 5) is 12.2. The Kier molecular flexibility index (Phi) is 5.98. The van der Waals surface area contributed by atoms with Crippen molar-refractivity contribution >= 4 is 5.91 Å². The molecule has 6 heteroatoms. The van der Waals surface area contributed by atoms with Crippen molar-refractivity contribution in [3.8, 4) is 5.75 Å². The number of ether oxygens (including phenoxy) is 3. The second-order valence-corrected chi connectivity index (χ2v) is 8.08. The van der Waals surface area contributed by atoms with Crippen molar-refractivity contribution in [3.05, 3.63) is 64.7 Å². The fourth-order valence-electron chi connectivity index (χ4n) is 3.54. The molecule has 0 aromatic heterocycles. The summed E-state index contributed by atoms with van der Waals surface area (Å²) >= 11 is 0. The van der Waals surface area contributed by atoms with Crippen LogP contribution in [0.2, 0.25) is 0 Å². The maximum Gasteiger partial charge on any atom is 0.258 e. The van der Waals surface area contributed by atoms with Crippen LogP contribution in [0.25, 0.3) is 0 Å². The number of hydrogen-bond donors (Lipinski definition) is 2. The van der Waals surface area contributed by atoms with E-state index in [0.29, 0.717) is 30.9 Å². The van der Waals surface area contributed by atoms with E-state index in [-0.39, 0.29) is 5.92 Å². The van der Waals surface area contributed by atoms with Crippen molar-refractivity contribution in [3.63, 3.8) is 0 Å². The van der Waals surface area contributed by atoms with E-state index in [9.17, 15) is 9.90 Å². The van der Waals surface area contributed by atoms with E-state index in [4.69, 9.17) is 19.9 Å². The standard InChI is InChI=1S/C23H29NO5/c1-15-10-19(23(26,21(24)25)18-8-6-5-7-9-18)11-16(2)20(15)27-12-17-13-28-22(3,4)29-14-17/h5-11,17,26H,12-14H2,1-4H3,(H2,24,25). The molecule has 1 amide bonds. The molecule has 2 aromatic carbocycles. The number of carbonyl (C=O) groups excluding carboxylic acids is 1. The Hall–Kier alpha value is -2.41. The summed E-state index contributed by atoms with van der Waals surface area (Å²) in [5.74, 6) is -0.525. The lowest BCUT2D eigenvalue weighted by Gasteiger charge is -2.35. The smallest absolute Gasteiger partial charge is 0.258 e. The van der Waals surface area contributed by atoms with Crippen LogP contribution in [0, 0.1) is 19.8 Å². The normalized spacial score (nSPS) is 18.8. The zero-order chi connectivity index (χ0) is 21.2. The van der Waals surface area contributed by atoms with Crippen LogP contribution in [-0.4, -0.2) is 36.6 Å². The Morgan fingerprint density at radius 1 is 1.14 bits per heavy atom. The molecule has 1 heterocycles. The number of benzene rings is 2. The molecule has 0 spiro atoms. The molecule has 1 unspecified atom stereocenters. The first-order valence-corrected chi connectivity index (χ1v) is 9.73. The largest absolute Gasteiger partial charge is 0.493 e. The van der Waals surface area contributed by atoms with Gasteiger partial charge in [0.1, 0.15) is 5.75 Å². The lowest BCUT2D eigenvalue weighted by atomic mass is 9.84. The molecule has 1 aliphatic rings. The minimum absolute atomic E-state index is 0.133. The summed E-state index contributed by atoms with van der Waals surface area (Å²) in [5, 5.41) is 11.2. The molecule has 2 aromatic rings. The Morgan fingerprint density at radius 3 is 2.21 bits per heavy atom. The molecule has 0 saturated carbocycles. The lowest BCUT2D eigenvalue weighted by Crippen LogP contribution is -2.42. The SMILES string of the molecule is Cc1cc(C(O)(C(N)=O)c2ccccc2)cc(C)c1OCC1COC(C)(C)OC1. The van der Waals surface area contributed by atoms with E-state index >= 15 is 0 Å². The van der Waals surface area contributed by atoms with Crippen molar-refractivity contribution < 1.29 is 24.1 Å². The van der Waals surface area contributed by atoms with E-state index in [1.165, 1.54) is 0 Å². The zero-order valence-electron chi connectivity index (χ0n) is 17.4. The quantitative estimate of drug-likeness (QED) is 0.779. The van der Waals surface area contributed by atoms with Crippen LogP contribution in [0.4, 0.5) is 0 Å². The van der Waals surface area contributed by atoms with Gasteiger partial charge in [0.05, 0.1) is 19.8 Å². The number of nitrogens with two attached hydrogens (primary N) is 1. The van der Waals surface area contributed by atoms with Crippen molar-refractivity contribution in [2.75, 3.05) is 19.8 Å². The molecule has 0 radical (unpaired) electrons. The summed E-state index contributed by atoms with van der Waals surface area (Å²) in [7, 11) is 0. The number of aryl methyl sites for hydroxylation is 2. The van der Waals surface area contributed by atoms with Gasteiger partial charge in [0.25, 0.3) is 5.91 Å². The second kappa shape index (κ2) is 8.14. The number of amides is 1. The van der Waals surface area contributed by atoms with Gasteiger partial charge in [-0.25, -0.2) is 0 Å². The number of primary amides is 1. The summed E-state index contributed by atoms with van der Waals surface area (Å²) in [5.41, 5.74) is 6.17. The van der Waals surface area contributed by atoms with Gasteiger partial charge in [0, 0.05) is 5.92 Å². The third-order valence-corrected chi connectivity index (χ3v) is 5.22. The van der Waals surface area contributed by atoms with Crippen molar-refractivity contribution in [2.45, 2.75) is 39.1 Å². The van der Waals surface area contributed by atoms with Gasteiger partial charge in [-0.3, -0.25) is 4.79 Å². The maximum atomic E-state index is 12.2. The van der Waals surface area contributed by atoms with E-state index in [1.807, 2.05) is 33.8 Å². The molecule has 1 atom stereocenters. The maximum absolute atomic E-state index is 12.2. The average Bonchev–Trinajstić information content (AvgIpc) is 2.68. The summed E-state index contributed by atoms with van der Waals surface area (Å²) in [6.45, 7) is 9.14. The first kappa shape index (κ1) is 21.3. The molecule has 6 nitrogen and oxygen atoms in total. The van der Waals surface area contributed by atoms with E-state index in [2.05, 4.69) is 0 Å². The Morgan fingerprint density at radius 2 is 1.69 bits per heavy atom. The van der Waals surface area contributed by atoms with Crippen LogP contribution in [0.1, 0.15) is 36.1 Å². The monoisotopic (exact) mass is 399 g/mol. The number of carbonyl (C=O) groups is 1. The van der Waals surface area contributed by atoms with E-state index in [0.717, 1.165) is 16.9 Å². The van der Waals surface area contributed by atoms with Gasteiger partial charge in [-0.05, 0) is 62.1 Å². The predicted molar refractivity (Wildman–Crippen MR) is 110 cm³/mol. The fraction of sp³-hybridized carbons (Fsp3) is 0.435. The molecule has 1 saturated heterocycles. The van der Waals surface area contributed by atoms with Crippen molar-refractivity contribution in [2.24, 2.45) is 11.7 Å². The van der Waals surface area contributed by atoms with Gasteiger partial charge in [-0.2, -0.15) is 0 Å². The van der Waals surface area contributed by atoms with Gasteiger partial charge in [0.2, 0.25) is 0 Å². The summed E-state index contributed by atoms with van der Waals surface area (Å²) < 4.78 is 17.4. The van der Waals surface area contributed by atoms with Gasteiger partial charge in [-0.1, -0.05) is 30.3 Å². The predicted octanol–water partition coefficient (Wildman–Crippen LogP) is 2.80. The molecule has 1 fully saturated rings. The van der Waals surface area contributed by atoms with Crippen LogP contribution in [-0.2, 0) is 19.9 Å². The zero-order valence-corrected chi connectivity index (χ0v) is 17.4. The fourth-order valence-corrected chi connectivity index (χ4v) is 3.54. The highest BCUT2D eigenvalue weighted by molar-refractivity contribution is 5.88. The summed E-state index contributed by atoms with van der Waals surface area (Å²) in [6, 6.07) is 12.2. The van der Waals surface area contributed by atoms with Gasteiger partial charge in [0.15, 0.2) is 11.4 Å². The number of rotatable bonds is 6. The molecule has 1 aliphatic heterocycles. The first-order chi connectivity index (χ1) is 13.6. The van der Waals surface area contributed by atoms with Crippen LogP contribution < -0.4 is 10.5 Å². The molecule has 0 bridgehead atoms. The molecule has 3 rings (SSSR count). The van der Waals surface area contributed by atoms with Gasteiger partial charge >= 0.3 is 0 Å².